The number of benzene rings is 1. The lowest BCUT2D eigenvalue weighted by Crippen LogP contribution is -2.65. The normalized spacial score (nSPS) is 22.7. The Morgan fingerprint density at radius 1 is 1.02 bits per heavy atom. The quantitative estimate of drug-likeness (QED) is 0.251. The number of amides is 4. The Balaban J connectivity index is 1.93. The van der Waals surface area contributed by atoms with E-state index in [0.717, 1.165) is 37.5 Å². The molecule has 1 saturated heterocycles. The van der Waals surface area contributed by atoms with Gasteiger partial charge in [0.05, 0.1) is 22.9 Å². The van der Waals surface area contributed by atoms with Gasteiger partial charge in [-0.2, -0.15) is 0 Å². The monoisotopic (exact) mass is 677 g/mol. The number of sulfone groups is 1. The highest BCUT2D eigenvalue weighted by Crippen LogP contribution is 2.39. The molecule has 1 aliphatic heterocycles. The van der Waals surface area contributed by atoms with Crippen LogP contribution in [0.15, 0.2) is 30.3 Å². The lowest BCUT2D eigenvalue weighted by molar-refractivity contribution is -0.133. The molecule has 47 heavy (non-hydrogen) atoms. The van der Waals surface area contributed by atoms with E-state index in [1.807, 2.05) is 58.0 Å². The highest BCUT2D eigenvalue weighted by molar-refractivity contribution is 7.92. The number of carbonyl (C=O) groups excluding carboxylic acids is 3. The number of piperidine rings is 1. The maximum atomic E-state index is 14.1. The fourth-order valence-electron chi connectivity index (χ4n) is 6.85. The Morgan fingerprint density at radius 3 is 2.21 bits per heavy atom. The van der Waals surface area contributed by atoms with Gasteiger partial charge in [-0.1, -0.05) is 56.5 Å². The molecule has 1 saturated carbocycles. The highest BCUT2D eigenvalue weighted by Gasteiger charge is 2.46. The lowest BCUT2D eigenvalue weighted by atomic mass is 9.72. The molecule has 4 amide bonds. The minimum Gasteiger partial charge on any atom is -0.390 e. The number of aliphatic hydroxyl groups excluding tert-OH is 1. The highest BCUT2D eigenvalue weighted by atomic mass is 32.2. The van der Waals surface area contributed by atoms with Gasteiger partial charge in [0.1, 0.15) is 6.04 Å². The first-order valence-corrected chi connectivity index (χ1v) is 19.0. The predicted molar refractivity (Wildman–Crippen MR) is 186 cm³/mol. The largest absolute Gasteiger partial charge is 0.390 e. The van der Waals surface area contributed by atoms with Crippen LogP contribution in [0, 0.1) is 11.8 Å². The zero-order valence-electron chi connectivity index (χ0n) is 29.7. The fourth-order valence-corrected chi connectivity index (χ4v) is 7.45. The molecule has 6 atom stereocenters. The van der Waals surface area contributed by atoms with Crippen LogP contribution in [0.25, 0.3) is 0 Å². The Bertz CT molecular complexity index is 1320. The number of carbonyl (C=O) groups is 3. The van der Waals surface area contributed by atoms with Crippen molar-refractivity contribution < 1.29 is 27.9 Å². The summed E-state index contributed by atoms with van der Waals surface area (Å²) in [4.78, 5) is 44.2. The summed E-state index contributed by atoms with van der Waals surface area (Å²) in [5.74, 6) is 0.131. The molecule has 1 aliphatic carbocycles. The van der Waals surface area contributed by atoms with Crippen molar-refractivity contribution in [1.82, 2.24) is 25.8 Å². The molecule has 0 radical (unpaired) electrons. The van der Waals surface area contributed by atoms with Gasteiger partial charge in [-0.05, 0) is 77.7 Å². The van der Waals surface area contributed by atoms with Crippen LogP contribution in [-0.4, -0.2) is 109 Å². The molecule has 2 aliphatic rings. The third kappa shape index (κ3) is 10.6. The molecule has 1 aromatic rings. The van der Waals surface area contributed by atoms with E-state index in [1.54, 1.807) is 7.05 Å². The van der Waals surface area contributed by atoms with E-state index < -0.39 is 56.3 Å². The number of likely N-dealkylation sites (tertiary alicyclic amines) is 1. The number of nitrogens with zero attached hydrogens (tertiary/aromatic N) is 2. The summed E-state index contributed by atoms with van der Waals surface area (Å²) < 4.78 is 24.2. The van der Waals surface area contributed by atoms with Crippen molar-refractivity contribution in [3.8, 4) is 0 Å². The molecule has 11 nitrogen and oxygen atoms in total. The topological polar surface area (TPSA) is 148 Å². The molecular weight excluding hydrogens is 618 g/mol. The van der Waals surface area contributed by atoms with Crippen molar-refractivity contribution in [2.75, 3.05) is 32.9 Å². The van der Waals surface area contributed by atoms with Crippen LogP contribution in [0.5, 0.6) is 0 Å². The van der Waals surface area contributed by atoms with Crippen molar-refractivity contribution in [3.05, 3.63) is 35.9 Å². The number of β-amino-alcohol motifs (C(OH)–C–C–N with tert-alkyl or cyclic N) is 1. The first-order valence-electron chi connectivity index (χ1n) is 17.1. The van der Waals surface area contributed by atoms with Crippen molar-refractivity contribution in [2.24, 2.45) is 11.8 Å². The van der Waals surface area contributed by atoms with E-state index >= 15 is 0 Å². The lowest BCUT2D eigenvalue weighted by Gasteiger charge is -2.47. The molecule has 1 aromatic carbocycles. The number of rotatable bonds is 13. The van der Waals surface area contributed by atoms with Gasteiger partial charge in [-0.3, -0.25) is 14.5 Å². The molecular formula is C35H59N5O6S. The van der Waals surface area contributed by atoms with E-state index in [4.69, 9.17) is 0 Å². The van der Waals surface area contributed by atoms with E-state index in [9.17, 15) is 27.9 Å². The standard InChI is InChI=1S/C35H59N5O6S/c1-9-19-39(7)33(44)37-30(35(5,6)47(8,45)46)32(43)36-27(20-24-15-11-10-12-16-24)29(41)23-40-22-26-18-14-13-17-25(26)21-28(40)31(42)38-34(2,3)4/h10-12,15-16,25-30,41H,9,13-14,17-23H2,1-8H3,(H,36,43)(H,37,44)(H,38,42)/t25-,26+,27-,28-,29+,30+/m0/s1. The maximum absolute atomic E-state index is 14.1. The zero-order chi connectivity index (χ0) is 35.2. The molecule has 2 fully saturated rings. The summed E-state index contributed by atoms with van der Waals surface area (Å²) in [5, 5.41) is 20.6. The molecule has 1 heterocycles. The second-order valence-corrected chi connectivity index (χ2v) is 17.9. The minimum atomic E-state index is -3.82. The van der Waals surface area contributed by atoms with E-state index in [2.05, 4.69) is 20.9 Å². The SMILES string of the molecule is CCCN(C)C(=O)N[C@H](C(=O)N[C@@H](Cc1ccccc1)[C@H](O)CN1C[C@H]2CCCC[C@H]2C[C@H]1C(=O)NC(C)(C)C)C(C)(C)S(C)(=O)=O. The summed E-state index contributed by atoms with van der Waals surface area (Å²) in [7, 11) is -2.23. The van der Waals surface area contributed by atoms with Gasteiger partial charge in [0.25, 0.3) is 0 Å². The number of aliphatic hydroxyl groups is 1. The van der Waals surface area contributed by atoms with Crippen LogP contribution < -0.4 is 16.0 Å². The van der Waals surface area contributed by atoms with Gasteiger partial charge in [-0.15, -0.1) is 0 Å². The molecule has 0 unspecified atom stereocenters. The Morgan fingerprint density at radius 2 is 1.64 bits per heavy atom. The van der Waals surface area contributed by atoms with Crippen molar-refractivity contribution in [3.63, 3.8) is 0 Å². The van der Waals surface area contributed by atoms with E-state index in [1.165, 1.54) is 25.2 Å². The average Bonchev–Trinajstić information content (AvgIpc) is 2.98. The first-order chi connectivity index (χ1) is 21.8. The van der Waals surface area contributed by atoms with Crippen LogP contribution in [-0.2, 0) is 25.8 Å². The third-order valence-electron chi connectivity index (χ3n) is 9.90. The Labute approximate surface area is 282 Å². The maximum Gasteiger partial charge on any atom is 0.317 e. The van der Waals surface area contributed by atoms with Crippen molar-refractivity contribution in [2.45, 2.75) is 121 Å². The van der Waals surface area contributed by atoms with Crippen molar-refractivity contribution in [1.29, 1.82) is 0 Å². The molecule has 0 aromatic heterocycles. The second kappa shape index (κ2) is 16.1. The van der Waals surface area contributed by atoms with Crippen LogP contribution in [0.3, 0.4) is 0 Å². The van der Waals surface area contributed by atoms with Crippen molar-refractivity contribution >= 4 is 27.7 Å². The van der Waals surface area contributed by atoms with Gasteiger partial charge >= 0.3 is 6.03 Å². The fraction of sp³-hybridized carbons (Fsp3) is 0.743. The van der Waals surface area contributed by atoms with Crippen LogP contribution in [0.1, 0.15) is 85.6 Å². The number of hydrogen-bond donors (Lipinski definition) is 4. The Hall–Kier alpha value is -2.70. The van der Waals surface area contributed by atoms with Crippen LogP contribution in [0.4, 0.5) is 4.79 Å². The molecule has 12 heteroatoms. The molecule has 0 spiro atoms. The van der Waals surface area contributed by atoms with Gasteiger partial charge < -0.3 is 26.0 Å². The first kappa shape index (κ1) is 38.7. The number of urea groups is 1. The second-order valence-electron chi connectivity index (χ2n) is 15.3. The summed E-state index contributed by atoms with van der Waals surface area (Å²) in [5.41, 5.74) is 0.460. The third-order valence-corrected chi connectivity index (χ3v) is 12.0. The Kier molecular flexibility index (Phi) is 13.3. The number of fused-ring (bicyclic) bond motifs is 1. The summed E-state index contributed by atoms with van der Waals surface area (Å²) in [6.45, 7) is 11.9. The van der Waals surface area contributed by atoms with Gasteiger partial charge in [-0.25, -0.2) is 13.2 Å². The summed E-state index contributed by atoms with van der Waals surface area (Å²) >= 11 is 0. The number of nitrogens with one attached hydrogen (secondary N) is 3. The molecule has 266 valence electrons. The summed E-state index contributed by atoms with van der Waals surface area (Å²) in [6.07, 6.45) is 6.13. The van der Waals surface area contributed by atoms with Crippen LogP contribution in [0.2, 0.25) is 0 Å². The smallest absolute Gasteiger partial charge is 0.317 e. The zero-order valence-corrected chi connectivity index (χ0v) is 30.5. The molecule has 3 rings (SSSR count). The minimum absolute atomic E-state index is 0.0637. The van der Waals surface area contributed by atoms with Crippen LogP contribution >= 0.6 is 0 Å². The number of hydrogen-bond acceptors (Lipinski definition) is 7. The average molecular weight is 678 g/mol. The molecule has 0 bridgehead atoms. The predicted octanol–water partition coefficient (Wildman–Crippen LogP) is 3.11. The summed E-state index contributed by atoms with van der Waals surface area (Å²) in [6, 6.07) is 6.20. The van der Waals surface area contributed by atoms with Gasteiger partial charge in [0.15, 0.2) is 9.84 Å². The van der Waals surface area contributed by atoms with Gasteiger partial charge in [0.2, 0.25) is 11.8 Å². The van der Waals surface area contributed by atoms with Gasteiger partial charge in [0, 0.05) is 38.5 Å². The van der Waals surface area contributed by atoms with E-state index in [-0.39, 0.29) is 18.9 Å². The molecule has 4 N–H and O–H groups in total. The van der Waals surface area contributed by atoms with E-state index in [0.29, 0.717) is 31.3 Å².